The molecular weight excluding hydrogens is 232 g/mol. The first-order valence-corrected chi connectivity index (χ1v) is 5.97. The van der Waals surface area contributed by atoms with Crippen molar-refractivity contribution in [3.8, 4) is 0 Å². The predicted octanol–water partition coefficient (Wildman–Crippen LogP) is 2.09. The second-order valence-corrected chi connectivity index (χ2v) is 4.28. The maximum atomic E-state index is 11.9. The van der Waals surface area contributed by atoms with E-state index in [9.17, 15) is 4.79 Å². The molecule has 1 unspecified atom stereocenters. The van der Waals surface area contributed by atoms with Gasteiger partial charge in [0.15, 0.2) is 0 Å². The van der Waals surface area contributed by atoms with Crippen LogP contribution in [0.1, 0.15) is 31.1 Å². The van der Waals surface area contributed by atoms with Gasteiger partial charge in [-0.05, 0) is 32.9 Å². The number of carbonyl (C=O) groups excluding carboxylic acids is 1. The Morgan fingerprint density at radius 3 is 2.78 bits per heavy atom. The number of pyridine rings is 1. The van der Waals surface area contributed by atoms with Crippen molar-refractivity contribution in [2.75, 3.05) is 19.0 Å². The summed E-state index contributed by atoms with van der Waals surface area (Å²) in [7, 11) is 1.64. The van der Waals surface area contributed by atoms with Crippen LogP contribution >= 0.6 is 0 Å². The second kappa shape index (κ2) is 6.96. The molecule has 0 aliphatic heterocycles. The van der Waals surface area contributed by atoms with Gasteiger partial charge < -0.3 is 14.8 Å². The SMILES string of the molecule is COC(C)CNc1ncccc1C(=O)OC(C)C. The fraction of sp³-hybridized carbons (Fsp3) is 0.538. The lowest BCUT2D eigenvalue weighted by atomic mass is 10.2. The lowest BCUT2D eigenvalue weighted by molar-refractivity contribution is 0.0378. The van der Waals surface area contributed by atoms with Crippen LogP contribution in [0, 0.1) is 0 Å². The largest absolute Gasteiger partial charge is 0.459 e. The zero-order valence-corrected chi connectivity index (χ0v) is 11.3. The highest BCUT2D eigenvalue weighted by Gasteiger charge is 2.15. The molecule has 5 heteroatoms. The molecule has 0 fully saturated rings. The topological polar surface area (TPSA) is 60.5 Å². The molecule has 0 bridgehead atoms. The molecular formula is C13H20N2O3. The molecule has 0 amide bonds. The summed E-state index contributed by atoms with van der Waals surface area (Å²) >= 11 is 0. The fourth-order valence-corrected chi connectivity index (χ4v) is 1.31. The van der Waals surface area contributed by atoms with Crippen LogP contribution in [0.2, 0.25) is 0 Å². The van der Waals surface area contributed by atoms with E-state index in [-0.39, 0.29) is 18.2 Å². The van der Waals surface area contributed by atoms with E-state index in [4.69, 9.17) is 9.47 Å². The molecule has 0 aliphatic carbocycles. The predicted molar refractivity (Wildman–Crippen MR) is 69.7 cm³/mol. The minimum Gasteiger partial charge on any atom is -0.459 e. The van der Waals surface area contributed by atoms with E-state index < -0.39 is 0 Å². The smallest absolute Gasteiger partial charge is 0.342 e. The van der Waals surface area contributed by atoms with Crippen LogP contribution < -0.4 is 5.32 Å². The Balaban J connectivity index is 2.76. The first-order chi connectivity index (χ1) is 8.54. The number of carbonyl (C=O) groups is 1. The van der Waals surface area contributed by atoms with Gasteiger partial charge in [-0.15, -0.1) is 0 Å². The Labute approximate surface area is 108 Å². The van der Waals surface area contributed by atoms with Gasteiger partial charge in [-0.2, -0.15) is 0 Å². The molecule has 0 aliphatic rings. The number of esters is 1. The molecule has 1 heterocycles. The number of methoxy groups -OCH3 is 1. The van der Waals surface area contributed by atoms with Crippen molar-refractivity contribution in [3.05, 3.63) is 23.9 Å². The molecule has 0 saturated carbocycles. The summed E-state index contributed by atoms with van der Waals surface area (Å²) in [5.74, 6) is 0.151. The Bertz CT molecular complexity index is 394. The summed E-state index contributed by atoms with van der Waals surface area (Å²) < 4.78 is 10.3. The van der Waals surface area contributed by atoms with Gasteiger partial charge >= 0.3 is 5.97 Å². The Morgan fingerprint density at radius 2 is 2.17 bits per heavy atom. The number of hydrogen-bond donors (Lipinski definition) is 1. The summed E-state index contributed by atoms with van der Waals surface area (Å²) in [4.78, 5) is 16.0. The molecule has 0 saturated heterocycles. The summed E-state index contributed by atoms with van der Waals surface area (Å²) in [6.07, 6.45) is 1.52. The first-order valence-electron chi connectivity index (χ1n) is 5.97. The molecule has 5 nitrogen and oxygen atoms in total. The maximum Gasteiger partial charge on any atom is 0.342 e. The molecule has 1 rings (SSSR count). The van der Waals surface area contributed by atoms with E-state index in [0.29, 0.717) is 17.9 Å². The molecule has 1 aromatic rings. The summed E-state index contributed by atoms with van der Waals surface area (Å²) in [6, 6.07) is 3.40. The summed E-state index contributed by atoms with van der Waals surface area (Å²) in [5.41, 5.74) is 0.439. The number of nitrogens with zero attached hydrogens (tertiary/aromatic N) is 1. The molecule has 0 aromatic carbocycles. The lowest BCUT2D eigenvalue weighted by Crippen LogP contribution is -2.21. The molecule has 1 atom stereocenters. The average Bonchev–Trinajstić information content (AvgIpc) is 2.35. The van der Waals surface area contributed by atoms with E-state index in [1.807, 2.05) is 20.8 Å². The van der Waals surface area contributed by atoms with Crippen molar-refractivity contribution >= 4 is 11.8 Å². The van der Waals surface area contributed by atoms with E-state index in [1.54, 1.807) is 25.4 Å². The van der Waals surface area contributed by atoms with Gasteiger partial charge in [-0.3, -0.25) is 0 Å². The lowest BCUT2D eigenvalue weighted by Gasteiger charge is -2.14. The highest BCUT2D eigenvalue weighted by atomic mass is 16.5. The third-order valence-corrected chi connectivity index (χ3v) is 2.33. The van der Waals surface area contributed by atoms with Crippen LogP contribution in [0.4, 0.5) is 5.82 Å². The van der Waals surface area contributed by atoms with Crippen LogP contribution in [0.15, 0.2) is 18.3 Å². The van der Waals surface area contributed by atoms with Gasteiger partial charge in [0, 0.05) is 19.9 Å². The highest BCUT2D eigenvalue weighted by molar-refractivity contribution is 5.94. The Kier molecular flexibility index (Phi) is 5.58. The molecule has 0 radical (unpaired) electrons. The zero-order chi connectivity index (χ0) is 13.5. The van der Waals surface area contributed by atoms with Crippen LogP contribution in [0.3, 0.4) is 0 Å². The van der Waals surface area contributed by atoms with Crippen molar-refractivity contribution < 1.29 is 14.3 Å². The standard InChI is InChI=1S/C13H20N2O3/c1-9(2)18-13(16)11-6-5-7-14-12(11)15-8-10(3)17-4/h5-7,9-10H,8H2,1-4H3,(H,14,15). The van der Waals surface area contributed by atoms with Crippen LogP contribution in [0.25, 0.3) is 0 Å². The first kappa shape index (κ1) is 14.4. The third kappa shape index (κ3) is 4.33. The van der Waals surface area contributed by atoms with Crippen molar-refractivity contribution in [2.24, 2.45) is 0 Å². The number of nitrogens with one attached hydrogen (secondary N) is 1. The summed E-state index contributed by atoms with van der Waals surface area (Å²) in [5, 5.41) is 3.08. The van der Waals surface area contributed by atoms with Crippen LogP contribution in [-0.4, -0.2) is 36.8 Å². The van der Waals surface area contributed by atoms with Crippen LogP contribution in [0.5, 0.6) is 0 Å². The van der Waals surface area contributed by atoms with Crippen molar-refractivity contribution in [1.82, 2.24) is 4.98 Å². The van der Waals surface area contributed by atoms with E-state index in [1.165, 1.54) is 0 Å². The van der Waals surface area contributed by atoms with E-state index in [2.05, 4.69) is 10.3 Å². The van der Waals surface area contributed by atoms with Crippen molar-refractivity contribution in [3.63, 3.8) is 0 Å². The number of anilines is 1. The minimum atomic E-state index is -0.370. The number of aromatic nitrogens is 1. The van der Waals surface area contributed by atoms with E-state index >= 15 is 0 Å². The molecule has 1 aromatic heterocycles. The quantitative estimate of drug-likeness (QED) is 0.785. The van der Waals surface area contributed by atoms with E-state index in [0.717, 1.165) is 0 Å². The van der Waals surface area contributed by atoms with Gasteiger partial charge in [-0.1, -0.05) is 0 Å². The second-order valence-electron chi connectivity index (χ2n) is 4.28. The third-order valence-electron chi connectivity index (χ3n) is 2.33. The number of rotatable bonds is 6. The van der Waals surface area contributed by atoms with Crippen molar-refractivity contribution in [1.29, 1.82) is 0 Å². The summed E-state index contributed by atoms with van der Waals surface area (Å²) in [6.45, 7) is 6.14. The van der Waals surface area contributed by atoms with Gasteiger partial charge in [-0.25, -0.2) is 9.78 Å². The molecule has 18 heavy (non-hydrogen) atoms. The monoisotopic (exact) mass is 252 g/mol. The maximum absolute atomic E-state index is 11.9. The fourth-order valence-electron chi connectivity index (χ4n) is 1.31. The van der Waals surface area contributed by atoms with Crippen molar-refractivity contribution in [2.45, 2.75) is 33.0 Å². The Hall–Kier alpha value is -1.62. The number of hydrogen-bond acceptors (Lipinski definition) is 5. The zero-order valence-electron chi connectivity index (χ0n) is 11.3. The Morgan fingerprint density at radius 1 is 1.44 bits per heavy atom. The van der Waals surface area contributed by atoms with Gasteiger partial charge in [0.05, 0.1) is 12.2 Å². The van der Waals surface area contributed by atoms with Crippen LogP contribution in [-0.2, 0) is 9.47 Å². The van der Waals surface area contributed by atoms with Gasteiger partial charge in [0.25, 0.3) is 0 Å². The van der Waals surface area contributed by atoms with Gasteiger partial charge in [0.1, 0.15) is 11.4 Å². The average molecular weight is 252 g/mol. The molecule has 1 N–H and O–H groups in total. The highest BCUT2D eigenvalue weighted by Crippen LogP contribution is 2.14. The molecule has 0 spiro atoms. The number of ether oxygens (including phenoxy) is 2. The normalized spacial score (nSPS) is 12.3. The minimum absolute atomic E-state index is 0.0426. The molecule has 100 valence electrons. The van der Waals surface area contributed by atoms with Gasteiger partial charge in [0.2, 0.25) is 0 Å².